The zero-order valence-electron chi connectivity index (χ0n) is 7.29. The van der Waals surface area contributed by atoms with Gasteiger partial charge in [-0.1, -0.05) is 6.92 Å². The summed E-state index contributed by atoms with van der Waals surface area (Å²) >= 11 is 0. The van der Waals surface area contributed by atoms with Crippen LogP contribution in [0.25, 0.3) is 0 Å². The average Bonchev–Trinajstić information content (AvgIpc) is 2.27. The lowest BCUT2D eigenvalue weighted by molar-refractivity contribution is 0.0379. The highest BCUT2D eigenvalue weighted by atomic mass is 31.2. The Morgan fingerprint density at radius 1 is 1.69 bits per heavy atom. The van der Waals surface area contributed by atoms with Crippen LogP contribution in [0.2, 0.25) is 0 Å². The van der Waals surface area contributed by atoms with E-state index in [9.17, 15) is 4.57 Å². The van der Waals surface area contributed by atoms with Crippen molar-refractivity contribution in [3.8, 4) is 0 Å². The molecule has 0 aromatic heterocycles. The van der Waals surface area contributed by atoms with Crippen LogP contribution in [0, 0.1) is 5.92 Å². The molecule has 0 aliphatic carbocycles. The Labute approximate surface area is 78.1 Å². The van der Waals surface area contributed by atoms with Gasteiger partial charge in [-0.15, -0.1) is 0 Å². The molecule has 3 atom stereocenters. The predicted octanol–water partition coefficient (Wildman–Crippen LogP) is 0.0153. The van der Waals surface area contributed by atoms with Crippen LogP contribution in [0.1, 0.15) is 13.3 Å². The molecule has 0 spiro atoms. The molecule has 5 nitrogen and oxygen atoms in total. The summed E-state index contributed by atoms with van der Waals surface area (Å²) in [6.45, 7) is 1.81. The SMILES string of the molecule is [B]C1OC(COP(=O)(O)O)CC1C. The van der Waals surface area contributed by atoms with Gasteiger partial charge in [0.1, 0.15) is 7.85 Å². The lowest BCUT2D eigenvalue weighted by atomic mass is 9.88. The fourth-order valence-electron chi connectivity index (χ4n) is 1.25. The van der Waals surface area contributed by atoms with Gasteiger partial charge < -0.3 is 14.5 Å². The molecule has 1 saturated heterocycles. The van der Waals surface area contributed by atoms with Crippen molar-refractivity contribution in [3.63, 3.8) is 0 Å². The van der Waals surface area contributed by atoms with Gasteiger partial charge in [0.05, 0.1) is 12.7 Å². The molecule has 1 heterocycles. The molecule has 0 aromatic carbocycles. The summed E-state index contributed by atoms with van der Waals surface area (Å²) in [6.07, 6.45) is 0.360. The van der Waals surface area contributed by atoms with Crippen LogP contribution in [-0.2, 0) is 13.8 Å². The van der Waals surface area contributed by atoms with Gasteiger partial charge >= 0.3 is 7.82 Å². The maximum atomic E-state index is 10.3. The van der Waals surface area contributed by atoms with Crippen molar-refractivity contribution in [2.24, 2.45) is 5.92 Å². The van der Waals surface area contributed by atoms with Crippen LogP contribution in [0.4, 0.5) is 0 Å². The normalized spacial score (nSPS) is 35.2. The minimum absolute atomic E-state index is 0.109. The number of ether oxygens (including phenoxy) is 1. The summed E-state index contributed by atoms with van der Waals surface area (Å²) in [5.41, 5.74) is 0. The molecule has 3 unspecified atom stereocenters. The van der Waals surface area contributed by atoms with E-state index in [1.165, 1.54) is 0 Å². The van der Waals surface area contributed by atoms with E-state index in [1.807, 2.05) is 6.92 Å². The van der Waals surface area contributed by atoms with Crippen LogP contribution in [0.3, 0.4) is 0 Å². The largest absolute Gasteiger partial charge is 0.469 e. The van der Waals surface area contributed by atoms with Crippen molar-refractivity contribution in [2.75, 3.05) is 6.61 Å². The van der Waals surface area contributed by atoms with Crippen LogP contribution in [-0.4, -0.2) is 36.3 Å². The fraction of sp³-hybridized carbons (Fsp3) is 1.00. The Balaban J connectivity index is 2.29. The maximum Gasteiger partial charge on any atom is 0.469 e. The molecule has 74 valence electrons. The smallest absolute Gasteiger partial charge is 0.382 e. The second kappa shape index (κ2) is 4.11. The van der Waals surface area contributed by atoms with Crippen molar-refractivity contribution in [2.45, 2.75) is 25.5 Å². The average molecular weight is 206 g/mol. The van der Waals surface area contributed by atoms with Crippen molar-refractivity contribution < 1.29 is 23.6 Å². The van der Waals surface area contributed by atoms with Crippen molar-refractivity contribution in [3.05, 3.63) is 0 Å². The second-order valence-electron chi connectivity index (χ2n) is 3.22. The molecule has 13 heavy (non-hydrogen) atoms. The molecule has 1 aliphatic rings. The molecule has 0 saturated carbocycles. The van der Waals surface area contributed by atoms with Crippen molar-refractivity contribution in [1.82, 2.24) is 0 Å². The van der Waals surface area contributed by atoms with E-state index in [-0.39, 0.29) is 24.6 Å². The number of hydrogen-bond acceptors (Lipinski definition) is 3. The lowest BCUT2D eigenvalue weighted by Gasteiger charge is -2.11. The summed E-state index contributed by atoms with van der Waals surface area (Å²) in [4.78, 5) is 16.8. The first-order valence-corrected chi connectivity index (χ1v) is 5.52. The van der Waals surface area contributed by atoms with Gasteiger partial charge in [0.15, 0.2) is 0 Å². The zero-order chi connectivity index (χ0) is 10.1. The molecule has 0 bridgehead atoms. The summed E-state index contributed by atoms with van der Waals surface area (Å²) in [6, 6.07) is -0.356. The van der Waals surface area contributed by atoms with E-state index in [0.29, 0.717) is 6.42 Å². The monoisotopic (exact) mass is 206 g/mol. The van der Waals surface area contributed by atoms with Crippen LogP contribution in [0.15, 0.2) is 0 Å². The van der Waals surface area contributed by atoms with E-state index in [1.54, 1.807) is 0 Å². The molecular formula is C6H12BO5P. The highest BCUT2D eigenvalue weighted by molar-refractivity contribution is 7.46. The topological polar surface area (TPSA) is 76.0 Å². The van der Waals surface area contributed by atoms with E-state index in [0.717, 1.165) is 0 Å². The maximum absolute atomic E-state index is 10.3. The minimum atomic E-state index is -4.38. The summed E-state index contributed by atoms with van der Waals surface area (Å²) in [5, 5.41) is 0. The van der Waals surface area contributed by atoms with Crippen molar-refractivity contribution >= 4 is 15.7 Å². The van der Waals surface area contributed by atoms with Gasteiger partial charge in [0, 0.05) is 6.00 Å². The van der Waals surface area contributed by atoms with Gasteiger partial charge in [-0.3, -0.25) is 4.52 Å². The fourth-order valence-corrected chi connectivity index (χ4v) is 1.61. The first-order chi connectivity index (χ1) is 5.88. The number of phosphoric ester groups is 1. The zero-order valence-corrected chi connectivity index (χ0v) is 8.18. The second-order valence-corrected chi connectivity index (χ2v) is 4.46. The Hall–Kier alpha value is 0.135. The van der Waals surface area contributed by atoms with Crippen LogP contribution in [0.5, 0.6) is 0 Å². The van der Waals surface area contributed by atoms with E-state index in [2.05, 4.69) is 4.52 Å². The third kappa shape index (κ3) is 3.79. The van der Waals surface area contributed by atoms with Gasteiger partial charge in [-0.25, -0.2) is 4.57 Å². The summed E-state index contributed by atoms with van der Waals surface area (Å²) in [5.74, 6) is 0.199. The molecular weight excluding hydrogens is 194 g/mol. The Morgan fingerprint density at radius 2 is 2.31 bits per heavy atom. The van der Waals surface area contributed by atoms with Crippen LogP contribution >= 0.6 is 7.82 Å². The molecule has 0 amide bonds. The molecule has 1 rings (SSSR count). The van der Waals surface area contributed by atoms with Gasteiger partial charge in [0.25, 0.3) is 0 Å². The Bertz CT molecular complexity index is 207. The first-order valence-electron chi connectivity index (χ1n) is 3.99. The molecule has 0 aromatic rings. The van der Waals surface area contributed by atoms with Crippen LogP contribution < -0.4 is 0 Å². The van der Waals surface area contributed by atoms with Gasteiger partial charge in [0.2, 0.25) is 0 Å². The minimum Gasteiger partial charge on any atom is -0.382 e. The molecule has 1 aliphatic heterocycles. The molecule has 2 radical (unpaired) electrons. The Morgan fingerprint density at radius 3 is 2.69 bits per heavy atom. The predicted molar refractivity (Wildman–Crippen MR) is 46.2 cm³/mol. The summed E-state index contributed by atoms with van der Waals surface area (Å²) in [7, 11) is 1.16. The number of rotatable bonds is 3. The number of hydrogen-bond donors (Lipinski definition) is 2. The third-order valence-corrected chi connectivity index (χ3v) is 2.46. The van der Waals surface area contributed by atoms with Gasteiger partial charge in [-0.2, -0.15) is 0 Å². The quantitative estimate of drug-likeness (QED) is 0.502. The Kier molecular flexibility index (Phi) is 3.54. The molecule has 2 N–H and O–H groups in total. The van der Waals surface area contributed by atoms with Gasteiger partial charge in [-0.05, 0) is 12.3 Å². The van der Waals surface area contributed by atoms with Crippen molar-refractivity contribution in [1.29, 1.82) is 0 Å². The van der Waals surface area contributed by atoms with E-state index < -0.39 is 7.82 Å². The summed E-state index contributed by atoms with van der Waals surface area (Å²) < 4.78 is 19.8. The number of phosphoric acid groups is 1. The molecule has 1 fully saturated rings. The van der Waals surface area contributed by atoms with E-state index >= 15 is 0 Å². The molecule has 7 heteroatoms. The van der Waals surface area contributed by atoms with E-state index in [4.69, 9.17) is 22.4 Å². The highest BCUT2D eigenvalue weighted by Gasteiger charge is 2.30. The standard InChI is InChI=1S/C6H12BO5P/c1-4-2-5(12-6(4)7)3-11-13(8,9)10/h4-6H,2-3H2,1H3,(H2,8,9,10). The lowest BCUT2D eigenvalue weighted by Crippen LogP contribution is -2.16. The first kappa shape index (κ1) is 11.2. The third-order valence-electron chi connectivity index (χ3n) is 1.97. The highest BCUT2D eigenvalue weighted by Crippen LogP contribution is 2.37.